The number of piperidine rings is 1. The number of rotatable bonds is 3. The number of hydrogen-bond donors (Lipinski definition) is 0. The number of ether oxygens (including phenoxy) is 2. The predicted molar refractivity (Wildman–Crippen MR) is 102 cm³/mol. The monoisotopic (exact) mass is 380 g/mol. The van der Waals surface area contributed by atoms with Crippen LogP contribution in [0.15, 0.2) is 42.5 Å². The van der Waals surface area contributed by atoms with Crippen molar-refractivity contribution >= 4 is 11.7 Å². The fourth-order valence-corrected chi connectivity index (χ4v) is 4.70. The van der Waals surface area contributed by atoms with Crippen LogP contribution in [0.3, 0.4) is 0 Å². The van der Waals surface area contributed by atoms with Crippen LogP contribution in [0.25, 0.3) is 0 Å². The van der Waals surface area contributed by atoms with Crippen molar-refractivity contribution in [1.82, 2.24) is 9.47 Å². The second-order valence-electron chi connectivity index (χ2n) is 7.76. The van der Waals surface area contributed by atoms with Crippen molar-refractivity contribution in [2.24, 2.45) is 0 Å². The Hall–Kier alpha value is -2.44. The van der Waals surface area contributed by atoms with Crippen LogP contribution in [-0.2, 0) is 20.8 Å². The average Bonchev–Trinajstić information content (AvgIpc) is 3.45. The van der Waals surface area contributed by atoms with Crippen molar-refractivity contribution in [2.45, 2.75) is 37.5 Å². The molecule has 1 aromatic carbocycles. The third-order valence-electron chi connectivity index (χ3n) is 6.23. The van der Waals surface area contributed by atoms with Gasteiger partial charge in [-0.1, -0.05) is 30.3 Å². The van der Waals surface area contributed by atoms with Gasteiger partial charge in [-0.05, 0) is 18.6 Å². The first-order valence-corrected chi connectivity index (χ1v) is 10.0. The van der Waals surface area contributed by atoms with Crippen molar-refractivity contribution in [3.05, 3.63) is 59.4 Å². The Kier molecular flexibility index (Phi) is 4.33. The van der Waals surface area contributed by atoms with Crippen molar-refractivity contribution in [1.29, 1.82) is 0 Å². The van der Waals surface area contributed by atoms with Crippen molar-refractivity contribution in [2.75, 3.05) is 26.3 Å². The first-order valence-electron chi connectivity index (χ1n) is 10.0. The van der Waals surface area contributed by atoms with E-state index in [0.717, 1.165) is 25.0 Å². The van der Waals surface area contributed by atoms with Gasteiger partial charge in [-0.3, -0.25) is 9.59 Å². The molecule has 2 saturated heterocycles. The number of carbonyl (C=O) groups is 2. The second kappa shape index (κ2) is 6.87. The second-order valence-corrected chi connectivity index (χ2v) is 7.76. The third-order valence-corrected chi connectivity index (χ3v) is 6.23. The Morgan fingerprint density at radius 2 is 1.64 bits per heavy atom. The fourth-order valence-electron chi connectivity index (χ4n) is 4.70. The maximum atomic E-state index is 13.2. The van der Waals surface area contributed by atoms with Crippen LogP contribution >= 0.6 is 0 Å². The van der Waals surface area contributed by atoms with Crippen molar-refractivity contribution < 1.29 is 19.1 Å². The molecular formula is C22H24N2O4. The van der Waals surface area contributed by atoms with E-state index in [1.54, 1.807) is 0 Å². The third kappa shape index (κ3) is 2.88. The lowest BCUT2D eigenvalue weighted by molar-refractivity contribution is -0.187. The summed E-state index contributed by atoms with van der Waals surface area (Å²) in [7, 11) is 0. The number of amides is 1. The van der Waals surface area contributed by atoms with Gasteiger partial charge < -0.3 is 18.9 Å². The van der Waals surface area contributed by atoms with E-state index in [1.807, 2.05) is 51.9 Å². The van der Waals surface area contributed by atoms with Gasteiger partial charge in [-0.25, -0.2) is 0 Å². The van der Waals surface area contributed by atoms with Crippen LogP contribution in [-0.4, -0.2) is 53.2 Å². The standard InChI is InChI=1S/C22H24N2O4/c25-20(16-4-2-1-3-5-16)19-7-6-18-17(8-11-24(18)19)21(26)23-12-9-22(10-13-23)27-14-15-28-22/h1-7,17H,8-15H2/t17-/m1/s1. The highest BCUT2D eigenvalue weighted by atomic mass is 16.7. The van der Waals surface area contributed by atoms with Gasteiger partial charge in [-0.15, -0.1) is 0 Å². The molecule has 1 aromatic heterocycles. The highest BCUT2D eigenvalue weighted by molar-refractivity contribution is 6.08. The maximum Gasteiger partial charge on any atom is 0.231 e. The van der Waals surface area contributed by atoms with Crippen LogP contribution in [0.4, 0.5) is 0 Å². The summed E-state index contributed by atoms with van der Waals surface area (Å²) in [6.45, 7) is 3.30. The number of carbonyl (C=O) groups excluding carboxylic acids is 2. The van der Waals surface area contributed by atoms with E-state index in [4.69, 9.17) is 9.47 Å². The number of likely N-dealkylation sites (tertiary alicyclic amines) is 1. The molecule has 3 aliphatic heterocycles. The SMILES string of the molecule is O=C(c1ccccc1)c1ccc2n1CC[C@H]2C(=O)N1CCC2(CC1)OCCO2. The largest absolute Gasteiger partial charge is 0.347 e. The van der Waals surface area contributed by atoms with Gasteiger partial charge in [0.15, 0.2) is 5.79 Å². The summed E-state index contributed by atoms with van der Waals surface area (Å²) in [4.78, 5) is 27.9. The van der Waals surface area contributed by atoms with E-state index in [9.17, 15) is 9.59 Å². The molecule has 0 aliphatic carbocycles. The van der Waals surface area contributed by atoms with E-state index in [-0.39, 0.29) is 17.6 Å². The molecule has 0 N–H and O–H groups in total. The summed E-state index contributed by atoms with van der Waals surface area (Å²) < 4.78 is 13.5. The summed E-state index contributed by atoms with van der Waals surface area (Å²) >= 11 is 0. The molecule has 0 radical (unpaired) electrons. The predicted octanol–water partition coefficient (Wildman–Crippen LogP) is 2.57. The van der Waals surface area contributed by atoms with Gasteiger partial charge in [0, 0.05) is 43.7 Å². The van der Waals surface area contributed by atoms with Gasteiger partial charge in [0.05, 0.1) is 24.8 Å². The number of hydrogen-bond acceptors (Lipinski definition) is 4. The first-order chi connectivity index (χ1) is 13.7. The summed E-state index contributed by atoms with van der Waals surface area (Å²) in [6, 6.07) is 13.1. The van der Waals surface area contributed by atoms with Crippen molar-refractivity contribution in [3.8, 4) is 0 Å². The summed E-state index contributed by atoms with van der Waals surface area (Å²) in [5.74, 6) is -0.474. The van der Waals surface area contributed by atoms with Gasteiger partial charge >= 0.3 is 0 Å². The molecule has 28 heavy (non-hydrogen) atoms. The molecule has 5 rings (SSSR count). The Morgan fingerprint density at radius 3 is 2.36 bits per heavy atom. The highest BCUT2D eigenvalue weighted by Gasteiger charge is 2.43. The molecule has 2 fully saturated rings. The molecule has 1 spiro atoms. The summed E-state index contributed by atoms with van der Waals surface area (Å²) in [6.07, 6.45) is 2.20. The normalized spacial score (nSPS) is 23.1. The molecule has 1 amide bonds. The lowest BCUT2D eigenvalue weighted by atomic mass is 9.98. The van der Waals surface area contributed by atoms with E-state index >= 15 is 0 Å². The van der Waals surface area contributed by atoms with Gasteiger partial charge in [0.2, 0.25) is 11.7 Å². The minimum absolute atomic E-state index is 0.00962. The number of nitrogens with zero attached hydrogens (tertiary/aromatic N) is 2. The number of benzene rings is 1. The van der Waals surface area contributed by atoms with E-state index in [1.165, 1.54) is 0 Å². The average molecular weight is 380 g/mol. The minimum Gasteiger partial charge on any atom is -0.347 e. The Balaban J connectivity index is 1.31. The van der Waals surface area contributed by atoms with E-state index in [2.05, 4.69) is 0 Å². The highest BCUT2D eigenvalue weighted by Crippen LogP contribution is 2.36. The molecule has 3 aliphatic rings. The zero-order valence-electron chi connectivity index (χ0n) is 15.8. The molecule has 0 unspecified atom stereocenters. The number of fused-ring (bicyclic) bond motifs is 1. The maximum absolute atomic E-state index is 13.2. The van der Waals surface area contributed by atoms with Crippen molar-refractivity contribution in [3.63, 3.8) is 0 Å². The fraction of sp³-hybridized carbons (Fsp3) is 0.455. The van der Waals surface area contributed by atoms with Crippen LogP contribution in [0.2, 0.25) is 0 Å². The molecule has 4 heterocycles. The summed E-state index contributed by atoms with van der Waals surface area (Å²) in [5, 5.41) is 0. The molecular weight excluding hydrogens is 356 g/mol. The minimum atomic E-state index is -0.470. The van der Waals surface area contributed by atoms with Crippen LogP contribution in [0.5, 0.6) is 0 Å². The Morgan fingerprint density at radius 1 is 0.929 bits per heavy atom. The smallest absolute Gasteiger partial charge is 0.231 e. The number of aromatic nitrogens is 1. The van der Waals surface area contributed by atoms with Crippen LogP contribution < -0.4 is 0 Å². The molecule has 0 bridgehead atoms. The quantitative estimate of drug-likeness (QED) is 0.768. The summed E-state index contributed by atoms with van der Waals surface area (Å²) in [5.41, 5.74) is 2.30. The topological polar surface area (TPSA) is 60.8 Å². The molecule has 6 heteroatoms. The van der Waals surface area contributed by atoms with Gasteiger partial charge in [0.25, 0.3) is 0 Å². The molecule has 1 atom stereocenters. The van der Waals surface area contributed by atoms with Gasteiger partial charge in [-0.2, -0.15) is 0 Å². The van der Waals surface area contributed by atoms with E-state index in [0.29, 0.717) is 44.1 Å². The molecule has 2 aromatic rings. The zero-order valence-corrected chi connectivity index (χ0v) is 15.8. The van der Waals surface area contributed by atoms with Crippen LogP contribution in [0.1, 0.15) is 46.9 Å². The lowest BCUT2D eigenvalue weighted by Crippen LogP contribution is -2.48. The molecule has 6 nitrogen and oxygen atoms in total. The van der Waals surface area contributed by atoms with E-state index < -0.39 is 5.79 Å². The lowest BCUT2D eigenvalue weighted by Gasteiger charge is -2.38. The van der Waals surface area contributed by atoms with Crippen LogP contribution in [0, 0.1) is 0 Å². The number of ketones is 1. The first kappa shape index (κ1) is 17.6. The zero-order chi connectivity index (χ0) is 19.1. The molecule has 146 valence electrons. The van der Waals surface area contributed by atoms with Gasteiger partial charge in [0.1, 0.15) is 0 Å². The Bertz CT molecular complexity index is 889. The Labute approximate surface area is 164 Å². The molecule has 0 saturated carbocycles.